The molecule has 4 nitrogen and oxygen atoms in total. The van der Waals surface area contributed by atoms with E-state index >= 15 is 0 Å². The summed E-state index contributed by atoms with van der Waals surface area (Å²) >= 11 is 0. The van der Waals surface area contributed by atoms with Crippen molar-refractivity contribution in [1.82, 2.24) is 4.90 Å². The summed E-state index contributed by atoms with van der Waals surface area (Å²) in [4.78, 5) is 16.3. The van der Waals surface area contributed by atoms with Gasteiger partial charge in [-0.2, -0.15) is 4.99 Å². The Kier molecular flexibility index (Phi) is 4.45. The van der Waals surface area contributed by atoms with Gasteiger partial charge in [-0.15, -0.1) is 0 Å². The van der Waals surface area contributed by atoms with E-state index in [4.69, 9.17) is 0 Å². The lowest BCUT2D eigenvalue weighted by atomic mass is 10.6. The normalized spacial score (nSPS) is 11.5. The van der Waals surface area contributed by atoms with Crippen molar-refractivity contribution >= 4 is 11.7 Å². The zero-order valence-corrected chi connectivity index (χ0v) is 7.42. The molecule has 0 aliphatic carbocycles. The van der Waals surface area contributed by atoms with E-state index in [1.807, 2.05) is 14.1 Å². The summed E-state index contributed by atoms with van der Waals surface area (Å²) < 4.78 is 4.61. The van der Waals surface area contributed by atoms with Crippen molar-refractivity contribution in [3.8, 4) is 0 Å². The van der Waals surface area contributed by atoms with Gasteiger partial charge in [0.2, 0.25) is 0 Å². The third kappa shape index (κ3) is 4.50. The second-order valence-electron chi connectivity index (χ2n) is 2.38. The van der Waals surface area contributed by atoms with Gasteiger partial charge in [0, 0.05) is 21.2 Å². The summed E-state index contributed by atoms with van der Waals surface area (Å²) in [6.45, 7) is 1.82. The first-order valence-electron chi connectivity index (χ1n) is 3.32. The molecule has 0 saturated heterocycles. The zero-order valence-electron chi connectivity index (χ0n) is 7.42. The Bertz CT molecular complexity index is 164. The van der Waals surface area contributed by atoms with Gasteiger partial charge in [0.05, 0.1) is 0 Å². The Labute approximate surface area is 66.9 Å². The first kappa shape index (κ1) is 10.1. The number of rotatable bonds is 2. The first-order valence-corrected chi connectivity index (χ1v) is 3.32. The van der Waals surface area contributed by atoms with Crippen molar-refractivity contribution in [1.29, 1.82) is 0 Å². The van der Waals surface area contributed by atoms with Crippen molar-refractivity contribution in [2.24, 2.45) is 4.99 Å². The van der Waals surface area contributed by atoms with Crippen LogP contribution in [0.1, 0.15) is 6.92 Å². The molecule has 0 aliphatic heterocycles. The second kappa shape index (κ2) is 4.85. The molecule has 0 heterocycles. The lowest BCUT2D eigenvalue weighted by molar-refractivity contribution is -0.121. The molecule has 0 rings (SSSR count). The third-order valence-electron chi connectivity index (χ3n) is 1.20. The number of methoxy groups -OCH3 is 1. The molecule has 0 spiro atoms. The highest BCUT2D eigenvalue weighted by Crippen LogP contribution is 1.84. The van der Waals surface area contributed by atoms with Crippen molar-refractivity contribution in [3.05, 3.63) is 0 Å². The molecule has 0 bridgehead atoms. The van der Waals surface area contributed by atoms with E-state index in [9.17, 15) is 4.79 Å². The zero-order chi connectivity index (χ0) is 8.85. The van der Waals surface area contributed by atoms with Crippen LogP contribution in [0.25, 0.3) is 0 Å². The lowest BCUT2D eigenvalue weighted by Gasteiger charge is -2.09. The largest absolute Gasteiger partial charge is 0.375 e. The Balaban J connectivity index is 3.97. The molecule has 0 unspecified atom stereocenters. The summed E-state index contributed by atoms with van der Waals surface area (Å²) in [5.74, 6) is 0.436. The predicted molar refractivity (Wildman–Crippen MR) is 43.7 cm³/mol. The number of hydrogen-bond acceptors (Lipinski definition) is 2. The van der Waals surface area contributed by atoms with Crippen molar-refractivity contribution < 1.29 is 9.53 Å². The molecule has 0 atom stereocenters. The van der Waals surface area contributed by atoms with Crippen LogP contribution in [0.2, 0.25) is 0 Å². The second-order valence-corrected chi connectivity index (χ2v) is 2.38. The van der Waals surface area contributed by atoms with Crippen LogP contribution in [0.5, 0.6) is 0 Å². The van der Waals surface area contributed by atoms with Gasteiger partial charge in [0.1, 0.15) is 12.4 Å². The number of carbonyl (C=O) groups is 1. The van der Waals surface area contributed by atoms with Gasteiger partial charge in [-0.3, -0.25) is 4.79 Å². The topological polar surface area (TPSA) is 41.9 Å². The molecule has 0 saturated carbocycles. The van der Waals surface area contributed by atoms with Gasteiger partial charge in [0.25, 0.3) is 5.91 Å². The maximum Gasteiger partial charge on any atom is 0.273 e. The number of ether oxygens (including phenoxy) is 1. The molecule has 64 valence electrons. The molecule has 0 fully saturated rings. The van der Waals surface area contributed by atoms with Gasteiger partial charge in [-0.1, -0.05) is 0 Å². The van der Waals surface area contributed by atoms with Crippen LogP contribution >= 0.6 is 0 Å². The van der Waals surface area contributed by atoms with E-state index < -0.39 is 0 Å². The first-order chi connectivity index (χ1) is 5.07. The molecule has 0 aliphatic rings. The summed E-state index contributed by atoms with van der Waals surface area (Å²) in [5, 5.41) is 0. The molecule has 11 heavy (non-hydrogen) atoms. The number of carbonyl (C=O) groups excluding carboxylic acids is 1. The van der Waals surface area contributed by atoms with Gasteiger partial charge < -0.3 is 9.64 Å². The fraction of sp³-hybridized carbons (Fsp3) is 0.714. The minimum atomic E-state index is -0.251. The molecule has 0 N–H and O–H groups in total. The maximum atomic E-state index is 10.8. The molecule has 0 aromatic carbocycles. The van der Waals surface area contributed by atoms with Crippen LogP contribution in [-0.2, 0) is 9.53 Å². The van der Waals surface area contributed by atoms with E-state index in [1.165, 1.54) is 7.11 Å². The average molecular weight is 158 g/mol. The van der Waals surface area contributed by atoms with Crippen molar-refractivity contribution in [3.63, 3.8) is 0 Å². The van der Waals surface area contributed by atoms with Crippen LogP contribution in [0, 0.1) is 0 Å². The number of amides is 1. The van der Waals surface area contributed by atoms with Crippen LogP contribution in [-0.4, -0.2) is 44.5 Å². The molecule has 0 aromatic heterocycles. The monoisotopic (exact) mass is 158 g/mol. The Hall–Kier alpha value is -0.900. The van der Waals surface area contributed by atoms with Gasteiger partial charge >= 0.3 is 0 Å². The molecular weight excluding hydrogens is 144 g/mol. The van der Waals surface area contributed by atoms with Gasteiger partial charge in [-0.25, -0.2) is 0 Å². The maximum absolute atomic E-state index is 10.8. The molecular formula is C7H14N2O2. The fourth-order valence-electron chi connectivity index (χ4n) is 0.436. The van der Waals surface area contributed by atoms with Crippen LogP contribution in [0.15, 0.2) is 4.99 Å². The number of aliphatic imine (C=N–C) groups is 1. The van der Waals surface area contributed by atoms with E-state index in [1.54, 1.807) is 11.8 Å². The van der Waals surface area contributed by atoms with Crippen LogP contribution < -0.4 is 0 Å². The minimum Gasteiger partial charge on any atom is -0.375 e. The van der Waals surface area contributed by atoms with Crippen molar-refractivity contribution in [2.75, 3.05) is 27.8 Å². The van der Waals surface area contributed by atoms with Gasteiger partial charge in [-0.05, 0) is 6.92 Å². The smallest absolute Gasteiger partial charge is 0.273 e. The highest BCUT2D eigenvalue weighted by Gasteiger charge is 1.99. The quantitative estimate of drug-likeness (QED) is 0.424. The van der Waals surface area contributed by atoms with E-state index in [2.05, 4.69) is 9.73 Å². The highest BCUT2D eigenvalue weighted by atomic mass is 16.5. The van der Waals surface area contributed by atoms with Crippen molar-refractivity contribution in [2.45, 2.75) is 6.92 Å². The number of nitrogens with zero attached hydrogens (tertiary/aromatic N) is 2. The third-order valence-corrected chi connectivity index (χ3v) is 1.20. The summed E-state index contributed by atoms with van der Waals surface area (Å²) in [6.07, 6.45) is 0. The number of amidine groups is 1. The van der Waals surface area contributed by atoms with E-state index in [0.717, 1.165) is 0 Å². The SMILES string of the molecule is COCC(=O)N=C(C)N(C)C. The van der Waals surface area contributed by atoms with E-state index in [-0.39, 0.29) is 12.5 Å². The standard InChI is InChI=1S/C7H14N2O2/c1-6(9(2)3)8-7(10)5-11-4/h5H2,1-4H3. The summed E-state index contributed by atoms with van der Waals surface area (Å²) in [5.41, 5.74) is 0. The molecule has 0 aromatic rings. The lowest BCUT2D eigenvalue weighted by Crippen LogP contribution is -2.20. The summed E-state index contributed by atoms with van der Waals surface area (Å²) in [6, 6.07) is 0. The Morgan fingerprint density at radius 1 is 1.55 bits per heavy atom. The van der Waals surface area contributed by atoms with Gasteiger partial charge in [0.15, 0.2) is 0 Å². The minimum absolute atomic E-state index is 0.0468. The Morgan fingerprint density at radius 2 is 2.09 bits per heavy atom. The summed E-state index contributed by atoms with van der Waals surface area (Å²) in [7, 11) is 5.14. The molecule has 0 radical (unpaired) electrons. The fourth-order valence-corrected chi connectivity index (χ4v) is 0.436. The average Bonchev–Trinajstić information content (AvgIpc) is 1.87. The highest BCUT2D eigenvalue weighted by molar-refractivity contribution is 5.93. The molecule has 1 amide bonds. The molecule has 4 heteroatoms. The predicted octanol–water partition coefficient (Wildman–Crippen LogP) is 0.139. The van der Waals surface area contributed by atoms with E-state index in [0.29, 0.717) is 5.84 Å². The number of hydrogen-bond donors (Lipinski definition) is 0. The van der Waals surface area contributed by atoms with Crippen LogP contribution in [0.3, 0.4) is 0 Å². The van der Waals surface area contributed by atoms with Crippen LogP contribution in [0.4, 0.5) is 0 Å². The Morgan fingerprint density at radius 3 is 2.45 bits per heavy atom.